The van der Waals surface area contributed by atoms with Crippen LogP contribution in [-0.4, -0.2) is 23.5 Å². The van der Waals surface area contributed by atoms with Crippen LogP contribution in [0.3, 0.4) is 0 Å². The van der Waals surface area contributed by atoms with Crippen LogP contribution in [0, 0.1) is 3.57 Å². The van der Waals surface area contributed by atoms with Crippen LogP contribution in [0.15, 0.2) is 23.6 Å². The Balaban J connectivity index is 2.01. The molecule has 0 bridgehead atoms. The average molecular weight is 451 g/mol. The van der Waals surface area contributed by atoms with Gasteiger partial charge in [0.15, 0.2) is 5.13 Å². The molecule has 2 rings (SSSR count). The minimum atomic E-state index is -0.335. The summed E-state index contributed by atoms with van der Waals surface area (Å²) in [7, 11) is 0. The molecule has 1 aromatic heterocycles. The molecule has 1 aromatic carbocycles. The van der Waals surface area contributed by atoms with Crippen molar-refractivity contribution in [2.24, 2.45) is 0 Å². The van der Waals surface area contributed by atoms with E-state index in [1.165, 1.54) is 11.3 Å². The molecule has 0 atom stereocenters. The van der Waals surface area contributed by atoms with Crippen LogP contribution in [0.1, 0.15) is 23.0 Å². The SMILES string of the molecule is CCOC(=O)Cc1csc(NC(=O)c2ccc(Cl)c(I)c2)n1. The van der Waals surface area contributed by atoms with Crippen LogP contribution in [0.4, 0.5) is 5.13 Å². The number of nitrogens with zero attached hydrogens (tertiary/aromatic N) is 1. The Labute approximate surface area is 150 Å². The number of hydrogen-bond acceptors (Lipinski definition) is 5. The van der Waals surface area contributed by atoms with Gasteiger partial charge in [0, 0.05) is 14.5 Å². The molecule has 0 aliphatic rings. The number of carbonyl (C=O) groups excluding carboxylic acids is 2. The molecule has 0 aliphatic heterocycles. The minimum Gasteiger partial charge on any atom is -0.466 e. The number of benzene rings is 1. The summed E-state index contributed by atoms with van der Waals surface area (Å²) in [4.78, 5) is 27.7. The number of rotatable bonds is 5. The van der Waals surface area contributed by atoms with E-state index in [9.17, 15) is 9.59 Å². The van der Waals surface area contributed by atoms with Crippen molar-refractivity contribution in [1.82, 2.24) is 4.98 Å². The normalized spacial score (nSPS) is 10.3. The van der Waals surface area contributed by atoms with Gasteiger partial charge in [-0.1, -0.05) is 11.6 Å². The fraction of sp³-hybridized carbons (Fsp3) is 0.214. The summed E-state index contributed by atoms with van der Waals surface area (Å²) in [6.45, 7) is 2.08. The number of nitrogens with one attached hydrogen (secondary N) is 1. The summed E-state index contributed by atoms with van der Waals surface area (Å²) in [5.41, 5.74) is 1.07. The van der Waals surface area contributed by atoms with Crippen LogP contribution >= 0.6 is 45.5 Å². The van der Waals surface area contributed by atoms with Gasteiger partial charge in [-0.25, -0.2) is 4.98 Å². The Morgan fingerprint density at radius 1 is 1.45 bits per heavy atom. The lowest BCUT2D eigenvalue weighted by Crippen LogP contribution is -2.12. The largest absolute Gasteiger partial charge is 0.466 e. The number of ether oxygens (including phenoxy) is 1. The van der Waals surface area contributed by atoms with Gasteiger partial charge in [-0.2, -0.15) is 0 Å². The van der Waals surface area contributed by atoms with Crippen molar-refractivity contribution in [1.29, 1.82) is 0 Å². The maximum atomic E-state index is 12.1. The Morgan fingerprint density at radius 3 is 2.91 bits per heavy atom. The molecule has 5 nitrogen and oxygen atoms in total. The van der Waals surface area contributed by atoms with Gasteiger partial charge in [-0.05, 0) is 47.7 Å². The molecule has 116 valence electrons. The van der Waals surface area contributed by atoms with E-state index in [0.29, 0.717) is 28.0 Å². The number of carbonyl (C=O) groups is 2. The number of amides is 1. The number of aromatic nitrogens is 1. The lowest BCUT2D eigenvalue weighted by molar-refractivity contribution is -0.142. The zero-order valence-corrected chi connectivity index (χ0v) is 15.3. The van der Waals surface area contributed by atoms with Gasteiger partial charge in [0.25, 0.3) is 5.91 Å². The van der Waals surface area contributed by atoms with E-state index in [1.54, 1.807) is 30.5 Å². The average Bonchev–Trinajstić information content (AvgIpc) is 2.89. The zero-order valence-electron chi connectivity index (χ0n) is 11.6. The molecular formula is C14H12ClIN2O3S. The molecule has 0 saturated carbocycles. The molecule has 1 amide bonds. The van der Waals surface area contributed by atoms with Crippen LogP contribution in [0.5, 0.6) is 0 Å². The second-order valence-corrected chi connectivity index (χ2v) is 6.64. The summed E-state index contributed by atoms with van der Waals surface area (Å²) in [6.07, 6.45) is 0.0963. The molecule has 0 radical (unpaired) electrons. The molecule has 22 heavy (non-hydrogen) atoms. The molecule has 0 spiro atoms. The molecule has 0 saturated heterocycles. The predicted molar refractivity (Wildman–Crippen MR) is 94.6 cm³/mol. The molecule has 0 unspecified atom stereocenters. The number of anilines is 1. The lowest BCUT2D eigenvalue weighted by atomic mass is 10.2. The molecule has 0 aliphatic carbocycles. The maximum Gasteiger partial charge on any atom is 0.311 e. The van der Waals surface area contributed by atoms with Crippen molar-refractivity contribution in [3.63, 3.8) is 0 Å². The quantitative estimate of drug-likeness (QED) is 0.556. The summed E-state index contributed by atoms with van der Waals surface area (Å²) in [5, 5.41) is 5.46. The van der Waals surface area contributed by atoms with Crippen LogP contribution in [-0.2, 0) is 16.0 Å². The first kappa shape index (κ1) is 17.2. The van der Waals surface area contributed by atoms with E-state index in [0.717, 1.165) is 3.57 Å². The van der Waals surface area contributed by atoms with E-state index >= 15 is 0 Å². The highest BCUT2D eigenvalue weighted by Gasteiger charge is 2.12. The van der Waals surface area contributed by atoms with Crippen molar-refractivity contribution in [2.45, 2.75) is 13.3 Å². The topological polar surface area (TPSA) is 68.3 Å². The van der Waals surface area contributed by atoms with E-state index in [4.69, 9.17) is 16.3 Å². The maximum absolute atomic E-state index is 12.1. The number of thiazole rings is 1. The molecule has 0 fully saturated rings. The fourth-order valence-corrected chi connectivity index (χ4v) is 2.95. The lowest BCUT2D eigenvalue weighted by Gasteiger charge is -2.03. The van der Waals surface area contributed by atoms with Gasteiger partial charge < -0.3 is 4.74 Å². The Morgan fingerprint density at radius 2 is 2.23 bits per heavy atom. The van der Waals surface area contributed by atoms with Gasteiger partial charge in [0.2, 0.25) is 0 Å². The van der Waals surface area contributed by atoms with Crippen molar-refractivity contribution in [2.75, 3.05) is 11.9 Å². The number of hydrogen-bond donors (Lipinski definition) is 1. The molecular weight excluding hydrogens is 439 g/mol. The van der Waals surface area contributed by atoms with Crippen LogP contribution < -0.4 is 5.32 Å². The number of halogens is 2. The minimum absolute atomic E-state index is 0.0963. The van der Waals surface area contributed by atoms with Gasteiger partial charge in [0.1, 0.15) is 0 Å². The first-order valence-electron chi connectivity index (χ1n) is 6.36. The van der Waals surface area contributed by atoms with E-state index < -0.39 is 0 Å². The predicted octanol–water partition coefficient (Wildman–Crippen LogP) is 3.76. The second kappa shape index (κ2) is 7.89. The third kappa shape index (κ3) is 4.65. The number of esters is 1. The molecule has 1 N–H and O–H groups in total. The third-order valence-corrected chi connectivity index (χ3v) is 4.93. The molecule has 2 aromatic rings. The van der Waals surface area contributed by atoms with E-state index in [1.807, 2.05) is 0 Å². The molecule has 8 heteroatoms. The highest BCUT2D eigenvalue weighted by molar-refractivity contribution is 14.1. The first-order valence-corrected chi connectivity index (χ1v) is 8.69. The van der Waals surface area contributed by atoms with Gasteiger partial charge in [-0.15, -0.1) is 11.3 Å². The summed E-state index contributed by atoms with van der Waals surface area (Å²) in [6, 6.07) is 5.02. The van der Waals surface area contributed by atoms with Crippen LogP contribution in [0.25, 0.3) is 0 Å². The van der Waals surface area contributed by atoms with E-state index in [-0.39, 0.29) is 18.3 Å². The Bertz CT molecular complexity index is 705. The third-order valence-electron chi connectivity index (χ3n) is 2.58. The smallest absolute Gasteiger partial charge is 0.311 e. The van der Waals surface area contributed by atoms with Gasteiger partial charge in [-0.3, -0.25) is 14.9 Å². The summed E-state index contributed by atoms with van der Waals surface area (Å²) in [5.74, 6) is -0.607. The summed E-state index contributed by atoms with van der Waals surface area (Å²) >= 11 is 9.25. The van der Waals surface area contributed by atoms with Crippen molar-refractivity contribution in [3.8, 4) is 0 Å². The molecule has 1 heterocycles. The van der Waals surface area contributed by atoms with E-state index in [2.05, 4.69) is 32.9 Å². The fourth-order valence-electron chi connectivity index (χ4n) is 1.61. The highest BCUT2D eigenvalue weighted by Crippen LogP contribution is 2.21. The van der Waals surface area contributed by atoms with Crippen molar-refractivity contribution >= 4 is 62.5 Å². The van der Waals surface area contributed by atoms with Crippen LogP contribution in [0.2, 0.25) is 5.02 Å². The van der Waals surface area contributed by atoms with Gasteiger partial charge >= 0.3 is 5.97 Å². The standard InChI is InChI=1S/C14H12ClIN2O3S/c1-2-21-12(19)6-9-7-22-14(17-9)18-13(20)8-3-4-10(15)11(16)5-8/h3-5,7H,2,6H2,1H3,(H,17,18,20). The Hall–Kier alpha value is -1.19. The Kier molecular flexibility index (Phi) is 6.16. The van der Waals surface area contributed by atoms with Crippen molar-refractivity contribution < 1.29 is 14.3 Å². The highest BCUT2D eigenvalue weighted by atomic mass is 127. The first-order chi connectivity index (χ1) is 10.5. The monoisotopic (exact) mass is 450 g/mol. The van der Waals surface area contributed by atoms with Crippen molar-refractivity contribution in [3.05, 3.63) is 43.4 Å². The van der Waals surface area contributed by atoms with Gasteiger partial charge in [0.05, 0.1) is 23.7 Å². The zero-order chi connectivity index (χ0) is 16.1. The summed E-state index contributed by atoms with van der Waals surface area (Å²) < 4.78 is 5.65. The second-order valence-electron chi connectivity index (χ2n) is 4.21.